The van der Waals surface area contributed by atoms with E-state index in [-0.39, 0.29) is 30.7 Å². The van der Waals surface area contributed by atoms with E-state index in [1.807, 2.05) is 36.4 Å². The maximum atomic E-state index is 13.1. The summed E-state index contributed by atoms with van der Waals surface area (Å²) < 4.78 is 5.32. The Morgan fingerprint density at radius 3 is 2.53 bits per heavy atom. The van der Waals surface area contributed by atoms with Gasteiger partial charge in [0.05, 0.1) is 20.1 Å². The third-order valence-corrected chi connectivity index (χ3v) is 6.24. The Balaban J connectivity index is 1.32. The summed E-state index contributed by atoms with van der Waals surface area (Å²) in [5, 5.41) is 5.58. The number of carbonyl (C=O) groups excluding carboxylic acids is 3. The van der Waals surface area contributed by atoms with Gasteiger partial charge < -0.3 is 25.2 Å². The largest absolute Gasteiger partial charge is 0.497 e. The highest BCUT2D eigenvalue weighted by Crippen LogP contribution is 2.22. The first-order valence-corrected chi connectivity index (χ1v) is 11.6. The molecule has 9 heteroatoms. The molecule has 0 aromatic heterocycles. The minimum absolute atomic E-state index is 0.0733. The minimum Gasteiger partial charge on any atom is -0.497 e. The molecule has 4 rings (SSSR count). The van der Waals surface area contributed by atoms with E-state index in [0.717, 1.165) is 37.6 Å². The summed E-state index contributed by atoms with van der Waals surface area (Å²) in [4.78, 5) is 44.1. The Morgan fingerprint density at radius 2 is 1.79 bits per heavy atom. The molecule has 2 aromatic rings. The minimum atomic E-state index is -0.803. The van der Waals surface area contributed by atoms with Gasteiger partial charge in [-0.2, -0.15) is 0 Å². The van der Waals surface area contributed by atoms with E-state index in [4.69, 9.17) is 4.74 Å². The second-order valence-electron chi connectivity index (χ2n) is 8.48. The van der Waals surface area contributed by atoms with E-state index in [0.29, 0.717) is 18.8 Å². The quantitative estimate of drug-likeness (QED) is 0.638. The third-order valence-electron chi connectivity index (χ3n) is 6.24. The number of amides is 3. The second-order valence-corrected chi connectivity index (χ2v) is 8.48. The number of hydrogen-bond acceptors (Lipinski definition) is 6. The lowest BCUT2D eigenvalue weighted by Gasteiger charge is -2.39. The summed E-state index contributed by atoms with van der Waals surface area (Å²) in [6.45, 7) is 4.09. The zero-order valence-corrected chi connectivity index (χ0v) is 19.4. The van der Waals surface area contributed by atoms with Gasteiger partial charge in [0, 0.05) is 56.7 Å². The molecule has 9 nitrogen and oxygen atoms in total. The number of ether oxygens (including phenoxy) is 1. The smallest absolute Gasteiger partial charge is 0.243 e. The monoisotopic (exact) mass is 465 g/mol. The van der Waals surface area contributed by atoms with Gasteiger partial charge in [0.2, 0.25) is 17.7 Å². The van der Waals surface area contributed by atoms with Crippen molar-refractivity contribution in [3.05, 3.63) is 54.6 Å². The number of nitrogens with zero attached hydrogens (tertiary/aromatic N) is 3. The van der Waals surface area contributed by atoms with Crippen LogP contribution in [0.3, 0.4) is 0 Å². The molecule has 2 aliphatic rings. The van der Waals surface area contributed by atoms with Crippen molar-refractivity contribution in [2.45, 2.75) is 12.5 Å². The predicted octanol–water partition coefficient (Wildman–Crippen LogP) is 1.17. The van der Waals surface area contributed by atoms with Crippen molar-refractivity contribution in [2.75, 3.05) is 63.1 Å². The molecular formula is C25H31N5O4. The summed E-state index contributed by atoms with van der Waals surface area (Å²) in [5.74, 6) is 0.117. The van der Waals surface area contributed by atoms with E-state index >= 15 is 0 Å². The molecule has 1 atom stereocenters. The molecule has 0 bridgehead atoms. The number of benzene rings is 2. The number of para-hydroxylation sites is 1. The van der Waals surface area contributed by atoms with Crippen LogP contribution >= 0.6 is 0 Å². The van der Waals surface area contributed by atoms with Crippen LogP contribution in [0.2, 0.25) is 0 Å². The fourth-order valence-electron chi connectivity index (χ4n) is 4.38. The molecule has 2 aromatic carbocycles. The Bertz CT molecular complexity index is 1010. The fraction of sp³-hybridized carbons (Fsp3) is 0.400. The molecule has 2 saturated heterocycles. The number of carbonyl (C=O) groups is 3. The van der Waals surface area contributed by atoms with Gasteiger partial charge in [0.1, 0.15) is 11.8 Å². The summed E-state index contributed by atoms with van der Waals surface area (Å²) in [5.41, 5.74) is 1.76. The van der Waals surface area contributed by atoms with E-state index in [2.05, 4.69) is 26.5 Å². The SMILES string of the molecule is COc1cccc(N2CCN(CC(=O)N3CCNC(=O)[C@H]3CC(=O)Nc3ccccc3)CC2)c1. The molecule has 34 heavy (non-hydrogen) atoms. The van der Waals surface area contributed by atoms with Crippen LogP contribution in [0, 0.1) is 0 Å². The van der Waals surface area contributed by atoms with Gasteiger partial charge in [0.15, 0.2) is 0 Å². The zero-order chi connectivity index (χ0) is 23.9. The summed E-state index contributed by atoms with van der Waals surface area (Å²) in [6.07, 6.45) is -0.0733. The molecule has 3 amide bonds. The molecular weight excluding hydrogens is 434 g/mol. The molecule has 2 N–H and O–H groups in total. The van der Waals surface area contributed by atoms with Crippen LogP contribution in [-0.4, -0.2) is 86.5 Å². The van der Waals surface area contributed by atoms with Crippen molar-refractivity contribution in [1.82, 2.24) is 15.1 Å². The van der Waals surface area contributed by atoms with E-state index in [1.54, 1.807) is 24.1 Å². The molecule has 180 valence electrons. The summed E-state index contributed by atoms with van der Waals surface area (Å²) in [7, 11) is 1.65. The summed E-state index contributed by atoms with van der Waals surface area (Å²) >= 11 is 0. The van der Waals surface area contributed by atoms with E-state index in [1.165, 1.54) is 0 Å². The standard InChI is InChI=1S/C25H31N5O4/c1-34-21-9-5-8-20(16-21)29-14-12-28(13-15-29)18-24(32)30-11-10-26-25(33)22(30)17-23(31)27-19-6-3-2-4-7-19/h2-9,16,22H,10-15,17-18H2,1H3,(H,26,33)(H,27,31)/t22-/m1/s1. The number of nitrogens with one attached hydrogen (secondary N) is 2. The van der Waals surface area contributed by atoms with Crippen molar-refractivity contribution in [3.8, 4) is 5.75 Å². The van der Waals surface area contributed by atoms with Crippen molar-refractivity contribution in [3.63, 3.8) is 0 Å². The lowest BCUT2D eigenvalue weighted by Crippen LogP contribution is -2.60. The molecule has 0 spiro atoms. The number of anilines is 2. The Morgan fingerprint density at radius 1 is 1.03 bits per heavy atom. The molecule has 0 aliphatic carbocycles. The first-order valence-electron chi connectivity index (χ1n) is 11.6. The molecule has 2 fully saturated rings. The average molecular weight is 466 g/mol. The Hall–Kier alpha value is -3.59. The van der Waals surface area contributed by atoms with Crippen LogP contribution in [0.25, 0.3) is 0 Å². The van der Waals surface area contributed by atoms with Gasteiger partial charge in [-0.3, -0.25) is 19.3 Å². The summed E-state index contributed by atoms with van der Waals surface area (Å²) in [6, 6.07) is 16.2. The maximum Gasteiger partial charge on any atom is 0.243 e. The van der Waals surface area contributed by atoms with Gasteiger partial charge in [-0.15, -0.1) is 0 Å². The van der Waals surface area contributed by atoms with Gasteiger partial charge in [0.25, 0.3) is 0 Å². The topological polar surface area (TPSA) is 94.2 Å². The molecule has 0 saturated carbocycles. The second kappa shape index (κ2) is 11.0. The van der Waals surface area contributed by atoms with Crippen molar-refractivity contribution < 1.29 is 19.1 Å². The van der Waals surface area contributed by atoms with E-state index < -0.39 is 6.04 Å². The maximum absolute atomic E-state index is 13.1. The molecule has 0 unspecified atom stereocenters. The highest BCUT2D eigenvalue weighted by Gasteiger charge is 2.35. The van der Waals surface area contributed by atoms with Crippen molar-refractivity contribution in [1.29, 1.82) is 0 Å². The van der Waals surface area contributed by atoms with Crippen molar-refractivity contribution >= 4 is 29.1 Å². The number of rotatable bonds is 7. The third kappa shape index (κ3) is 5.85. The lowest BCUT2D eigenvalue weighted by atomic mass is 10.1. The lowest BCUT2D eigenvalue weighted by molar-refractivity contribution is -0.145. The molecule has 2 heterocycles. The van der Waals surface area contributed by atoms with Crippen LogP contribution in [0.5, 0.6) is 5.75 Å². The zero-order valence-electron chi connectivity index (χ0n) is 19.4. The van der Waals surface area contributed by atoms with Crippen LogP contribution < -0.4 is 20.3 Å². The van der Waals surface area contributed by atoms with Crippen LogP contribution in [0.1, 0.15) is 6.42 Å². The number of piperazine rings is 2. The van der Waals surface area contributed by atoms with Crippen LogP contribution in [-0.2, 0) is 14.4 Å². The molecule has 2 aliphatic heterocycles. The van der Waals surface area contributed by atoms with Gasteiger partial charge in [-0.05, 0) is 24.3 Å². The molecule has 0 radical (unpaired) electrons. The van der Waals surface area contributed by atoms with Gasteiger partial charge in [-0.25, -0.2) is 0 Å². The van der Waals surface area contributed by atoms with Crippen LogP contribution in [0.15, 0.2) is 54.6 Å². The Labute approximate surface area is 199 Å². The predicted molar refractivity (Wildman–Crippen MR) is 130 cm³/mol. The van der Waals surface area contributed by atoms with Crippen LogP contribution in [0.4, 0.5) is 11.4 Å². The van der Waals surface area contributed by atoms with Gasteiger partial charge >= 0.3 is 0 Å². The highest BCUT2D eigenvalue weighted by atomic mass is 16.5. The average Bonchev–Trinajstić information content (AvgIpc) is 2.86. The Kier molecular flexibility index (Phi) is 7.64. The first kappa shape index (κ1) is 23.6. The normalized spacial score (nSPS) is 18.9. The fourth-order valence-corrected chi connectivity index (χ4v) is 4.38. The first-order chi connectivity index (χ1) is 16.5. The van der Waals surface area contributed by atoms with E-state index in [9.17, 15) is 14.4 Å². The van der Waals surface area contributed by atoms with Crippen molar-refractivity contribution in [2.24, 2.45) is 0 Å². The number of methoxy groups -OCH3 is 1. The number of hydrogen-bond donors (Lipinski definition) is 2. The highest BCUT2D eigenvalue weighted by molar-refractivity contribution is 5.97. The van der Waals surface area contributed by atoms with Gasteiger partial charge in [-0.1, -0.05) is 24.3 Å².